The van der Waals surface area contributed by atoms with Gasteiger partial charge in [-0.3, -0.25) is 10.1 Å². The number of hydrogen-bond acceptors (Lipinski definition) is 6. The summed E-state index contributed by atoms with van der Waals surface area (Å²) in [4.78, 5) is 24.5. The minimum Gasteiger partial charge on any atom is -0.463 e. The third kappa shape index (κ3) is 3.19. The first-order valence-electron chi connectivity index (χ1n) is 4.53. The van der Waals surface area contributed by atoms with Gasteiger partial charge in [0.05, 0.1) is 11.5 Å². The number of ether oxygens (including phenoxy) is 2. The van der Waals surface area contributed by atoms with Crippen LogP contribution in [0.2, 0.25) is 0 Å². The summed E-state index contributed by atoms with van der Waals surface area (Å²) in [5.41, 5.74) is -0.285. The Balaban J connectivity index is 2.66. The number of esters is 1. The number of rotatable bonds is 5. The van der Waals surface area contributed by atoms with E-state index in [1.807, 2.05) is 0 Å². The summed E-state index contributed by atoms with van der Waals surface area (Å²) in [5, 5.41) is 10.6. The quantitative estimate of drug-likeness (QED) is 0.421. The molecule has 1 aromatic rings. The number of hydrogen-bond donors (Lipinski definition) is 0. The van der Waals surface area contributed by atoms with E-state index in [-0.39, 0.29) is 18.2 Å². The van der Waals surface area contributed by atoms with Gasteiger partial charge < -0.3 is 9.47 Å². The van der Waals surface area contributed by atoms with Gasteiger partial charge in [0.25, 0.3) is 5.88 Å². The first kappa shape index (κ1) is 11.9. The minimum absolute atomic E-state index is 0.194. The number of nitrogens with zero attached hydrogens (tertiary/aromatic N) is 2. The highest BCUT2D eigenvalue weighted by atomic mass is 16.6. The topological polar surface area (TPSA) is 91.6 Å². The smallest absolute Gasteiger partial charge is 0.344 e. The summed E-state index contributed by atoms with van der Waals surface area (Å²) in [6.45, 7) is 1.49. The average molecular weight is 226 g/mol. The van der Waals surface area contributed by atoms with Gasteiger partial charge in [-0.15, -0.1) is 0 Å². The number of pyridine rings is 1. The Bertz CT molecular complexity index is 393. The van der Waals surface area contributed by atoms with Gasteiger partial charge in [-0.05, 0) is 13.0 Å². The van der Waals surface area contributed by atoms with E-state index in [1.165, 1.54) is 18.3 Å². The summed E-state index contributed by atoms with van der Waals surface area (Å²) < 4.78 is 9.49. The van der Waals surface area contributed by atoms with Crippen molar-refractivity contribution in [1.82, 2.24) is 4.98 Å². The Labute approximate surface area is 91.2 Å². The maximum atomic E-state index is 11.0. The molecule has 0 aliphatic heterocycles. The van der Waals surface area contributed by atoms with Crippen LogP contribution in [-0.4, -0.2) is 29.1 Å². The molecule has 1 rings (SSSR count). The molecule has 1 aromatic heterocycles. The third-order valence-electron chi connectivity index (χ3n) is 1.58. The Morgan fingerprint density at radius 3 is 3.00 bits per heavy atom. The number of aromatic nitrogens is 1. The number of carbonyl (C=O) groups excluding carboxylic acids is 1. The van der Waals surface area contributed by atoms with Crippen molar-refractivity contribution < 1.29 is 19.2 Å². The lowest BCUT2D eigenvalue weighted by atomic mass is 10.4. The van der Waals surface area contributed by atoms with Crippen LogP contribution in [0.4, 0.5) is 5.69 Å². The van der Waals surface area contributed by atoms with Crippen LogP contribution in [0.1, 0.15) is 6.92 Å². The zero-order valence-corrected chi connectivity index (χ0v) is 8.58. The van der Waals surface area contributed by atoms with E-state index in [1.54, 1.807) is 6.92 Å². The molecule has 0 aliphatic rings. The van der Waals surface area contributed by atoms with Crippen molar-refractivity contribution in [3.8, 4) is 5.88 Å². The maximum Gasteiger partial charge on any atom is 0.344 e. The van der Waals surface area contributed by atoms with Crippen LogP contribution < -0.4 is 4.74 Å². The molecule has 0 amide bonds. The second kappa shape index (κ2) is 5.64. The lowest BCUT2D eigenvalue weighted by Crippen LogP contribution is -2.15. The van der Waals surface area contributed by atoms with Crippen LogP contribution in [0.3, 0.4) is 0 Å². The van der Waals surface area contributed by atoms with E-state index in [0.29, 0.717) is 0 Å². The van der Waals surface area contributed by atoms with Crippen molar-refractivity contribution in [2.75, 3.05) is 13.2 Å². The van der Waals surface area contributed by atoms with Crippen molar-refractivity contribution in [2.24, 2.45) is 0 Å². The van der Waals surface area contributed by atoms with Gasteiger partial charge in [0, 0.05) is 12.3 Å². The Kier molecular flexibility index (Phi) is 4.19. The van der Waals surface area contributed by atoms with Crippen LogP contribution in [0, 0.1) is 10.1 Å². The SMILES string of the molecule is CCOC(=O)COc1ncccc1[N+](=O)[O-]. The zero-order valence-electron chi connectivity index (χ0n) is 8.58. The van der Waals surface area contributed by atoms with Gasteiger partial charge in [-0.2, -0.15) is 0 Å². The second-order valence-electron chi connectivity index (χ2n) is 2.68. The fourth-order valence-corrected chi connectivity index (χ4v) is 0.962. The van der Waals surface area contributed by atoms with E-state index in [4.69, 9.17) is 4.74 Å². The van der Waals surface area contributed by atoms with E-state index < -0.39 is 17.5 Å². The minimum atomic E-state index is -0.631. The highest BCUT2D eigenvalue weighted by Gasteiger charge is 2.16. The van der Waals surface area contributed by atoms with Gasteiger partial charge in [-0.25, -0.2) is 9.78 Å². The molecule has 0 bridgehead atoms. The summed E-state index contributed by atoms with van der Waals surface area (Å²) in [5.74, 6) is -0.789. The van der Waals surface area contributed by atoms with Crippen molar-refractivity contribution in [3.63, 3.8) is 0 Å². The van der Waals surface area contributed by atoms with Gasteiger partial charge in [0.1, 0.15) is 0 Å². The molecular formula is C9H10N2O5. The summed E-state index contributed by atoms with van der Waals surface area (Å²) in [6.07, 6.45) is 1.34. The Morgan fingerprint density at radius 1 is 1.62 bits per heavy atom. The molecule has 7 nitrogen and oxygen atoms in total. The van der Waals surface area contributed by atoms with E-state index >= 15 is 0 Å². The van der Waals surface area contributed by atoms with Crippen LogP contribution in [0.5, 0.6) is 5.88 Å². The molecule has 16 heavy (non-hydrogen) atoms. The fraction of sp³-hybridized carbons (Fsp3) is 0.333. The van der Waals surface area contributed by atoms with Crippen LogP contribution in [-0.2, 0) is 9.53 Å². The normalized spacial score (nSPS) is 9.56. The fourth-order valence-electron chi connectivity index (χ4n) is 0.962. The first-order chi connectivity index (χ1) is 7.65. The highest BCUT2D eigenvalue weighted by Crippen LogP contribution is 2.22. The van der Waals surface area contributed by atoms with E-state index in [2.05, 4.69) is 9.72 Å². The molecule has 0 aliphatic carbocycles. The molecule has 1 heterocycles. The molecule has 0 radical (unpaired) electrons. The Hall–Kier alpha value is -2.18. The molecule has 0 unspecified atom stereocenters. The molecule has 0 saturated heterocycles. The summed E-state index contributed by atoms with van der Waals surface area (Å²) >= 11 is 0. The second-order valence-corrected chi connectivity index (χ2v) is 2.68. The maximum absolute atomic E-state index is 11.0. The largest absolute Gasteiger partial charge is 0.463 e. The van der Waals surface area contributed by atoms with Gasteiger partial charge in [-0.1, -0.05) is 0 Å². The van der Waals surface area contributed by atoms with E-state index in [9.17, 15) is 14.9 Å². The van der Waals surface area contributed by atoms with Gasteiger partial charge >= 0.3 is 11.7 Å². The van der Waals surface area contributed by atoms with Crippen LogP contribution >= 0.6 is 0 Å². The Morgan fingerprint density at radius 2 is 2.38 bits per heavy atom. The molecule has 7 heteroatoms. The highest BCUT2D eigenvalue weighted by molar-refractivity contribution is 5.71. The number of nitro groups is 1. The van der Waals surface area contributed by atoms with Crippen molar-refractivity contribution >= 4 is 11.7 Å². The molecule has 0 N–H and O–H groups in total. The molecule has 0 saturated carbocycles. The van der Waals surface area contributed by atoms with Crippen LogP contribution in [0.15, 0.2) is 18.3 Å². The van der Waals surface area contributed by atoms with Gasteiger partial charge in [0.15, 0.2) is 6.61 Å². The molecule has 0 aromatic carbocycles. The first-order valence-corrected chi connectivity index (χ1v) is 4.53. The molecule has 0 fully saturated rings. The average Bonchev–Trinajstić information content (AvgIpc) is 2.27. The summed E-state index contributed by atoms with van der Waals surface area (Å²) in [7, 11) is 0. The molecular weight excluding hydrogens is 216 g/mol. The molecule has 0 spiro atoms. The van der Waals surface area contributed by atoms with Crippen LogP contribution in [0.25, 0.3) is 0 Å². The lowest BCUT2D eigenvalue weighted by Gasteiger charge is -2.04. The molecule has 0 atom stereocenters. The number of carbonyl (C=O) groups is 1. The van der Waals surface area contributed by atoms with Crippen molar-refractivity contribution in [2.45, 2.75) is 6.92 Å². The lowest BCUT2D eigenvalue weighted by molar-refractivity contribution is -0.386. The van der Waals surface area contributed by atoms with Gasteiger partial charge in [0.2, 0.25) is 0 Å². The van der Waals surface area contributed by atoms with Crippen molar-refractivity contribution in [3.05, 3.63) is 28.4 Å². The van der Waals surface area contributed by atoms with Crippen molar-refractivity contribution in [1.29, 1.82) is 0 Å². The third-order valence-corrected chi connectivity index (χ3v) is 1.58. The molecule has 86 valence electrons. The predicted molar refractivity (Wildman–Crippen MR) is 53.0 cm³/mol. The summed E-state index contributed by atoms with van der Waals surface area (Å²) in [6, 6.07) is 2.66. The monoisotopic (exact) mass is 226 g/mol. The standard InChI is InChI=1S/C9H10N2O5/c1-2-15-8(12)6-16-9-7(11(13)14)4-3-5-10-9/h3-5H,2,6H2,1H3. The zero-order chi connectivity index (χ0) is 12.0. The predicted octanol–water partition coefficient (Wildman–Crippen LogP) is 0.932. The van der Waals surface area contributed by atoms with E-state index in [0.717, 1.165) is 0 Å².